The fourth-order valence-electron chi connectivity index (χ4n) is 3.85. The van der Waals surface area contributed by atoms with E-state index < -0.39 is 0 Å². The molecule has 0 saturated carbocycles. The Morgan fingerprint density at radius 3 is 2.25 bits per heavy atom. The minimum atomic E-state index is -0.0401. The summed E-state index contributed by atoms with van der Waals surface area (Å²) in [6.07, 6.45) is 3.49. The van der Waals surface area contributed by atoms with E-state index in [-0.39, 0.29) is 11.8 Å². The van der Waals surface area contributed by atoms with Crippen LogP contribution in [0, 0.1) is 6.92 Å². The average Bonchev–Trinajstić information content (AvgIpc) is 2.70. The van der Waals surface area contributed by atoms with Gasteiger partial charge in [0.05, 0.1) is 25.9 Å². The largest absolute Gasteiger partial charge is 0.495 e. The van der Waals surface area contributed by atoms with Crippen LogP contribution in [0.5, 0.6) is 5.75 Å². The van der Waals surface area contributed by atoms with Gasteiger partial charge in [-0.2, -0.15) is 0 Å². The van der Waals surface area contributed by atoms with Crippen molar-refractivity contribution in [1.82, 2.24) is 14.7 Å². The first-order valence-electron chi connectivity index (χ1n) is 10.2. The van der Waals surface area contributed by atoms with Gasteiger partial charge < -0.3 is 15.0 Å². The van der Waals surface area contributed by atoms with Crippen molar-refractivity contribution in [3.05, 3.63) is 23.8 Å². The van der Waals surface area contributed by atoms with Crippen LogP contribution in [-0.2, 0) is 9.59 Å². The molecular formula is C21H32N4O3. The van der Waals surface area contributed by atoms with Crippen molar-refractivity contribution in [1.29, 1.82) is 0 Å². The van der Waals surface area contributed by atoms with Crippen LogP contribution >= 0.6 is 0 Å². The van der Waals surface area contributed by atoms with Crippen LogP contribution in [0.25, 0.3) is 0 Å². The molecule has 1 N–H and O–H groups in total. The van der Waals surface area contributed by atoms with Gasteiger partial charge in [-0.15, -0.1) is 0 Å². The number of hydrogen-bond donors (Lipinski definition) is 1. The van der Waals surface area contributed by atoms with Crippen LogP contribution in [0.2, 0.25) is 0 Å². The second-order valence-electron chi connectivity index (χ2n) is 7.75. The summed E-state index contributed by atoms with van der Waals surface area (Å²) in [4.78, 5) is 31.2. The van der Waals surface area contributed by atoms with Crippen LogP contribution in [0.3, 0.4) is 0 Å². The van der Waals surface area contributed by atoms with E-state index in [9.17, 15) is 9.59 Å². The molecule has 2 heterocycles. The molecule has 0 aliphatic carbocycles. The smallest absolute Gasteiger partial charge is 0.238 e. The topological polar surface area (TPSA) is 65.1 Å². The molecule has 7 nitrogen and oxygen atoms in total. The number of carbonyl (C=O) groups is 2. The molecule has 0 bridgehead atoms. The van der Waals surface area contributed by atoms with E-state index in [1.807, 2.05) is 30.0 Å². The number of aryl methyl sites for hydroxylation is 1. The molecule has 2 saturated heterocycles. The maximum absolute atomic E-state index is 12.4. The highest BCUT2D eigenvalue weighted by Gasteiger charge is 2.23. The second kappa shape index (κ2) is 9.89. The maximum atomic E-state index is 12.4. The summed E-state index contributed by atoms with van der Waals surface area (Å²) < 4.78 is 5.32. The van der Waals surface area contributed by atoms with Crippen molar-refractivity contribution in [3.63, 3.8) is 0 Å². The number of piperidine rings is 1. The Balaban J connectivity index is 1.42. The lowest BCUT2D eigenvalue weighted by atomic mass is 10.1. The number of nitrogens with zero attached hydrogens (tertiary/aromatic N) is 3. The standard InChI is InChI=1S/C21H32N4O3/c1-17-6-7-19(28-2)18(14-17)22-20(26)15-23-10-12-24(13-11-23)16-21(27)25-8-4-3-5-9-25/h6-7,14H,3-5,8-13,15-16H2,1-2H3,(H,22,26). The van der Waals surface area contributed by atoms with Gasteiger partial charge in [-0.25, -0.2) is 0 Å². The molecule has 1 aromatic carbocycles. The van der Waals surface area contributed by atoms with Crippen molar-refractivity contribution < 1.29 is 14.3 Å². The molecule has 7 heteroatoms. The molecule has 3 rings (SSSR count). The third-order valence-corrected chi connectivity index (χ3v) is 5.53. The number of benzene rings is 1. The minimum Gasteiger partial charge on any atom is -0.495 e. The number of nitrogens with one attached hydrogen (secondary N) is 1. The van der Waals surface area contributed by atoms with Crippen molar-refractivity contribution in [3.8, 4) is 5.75 Å². The van der Waals surface area contributed by atoms with Gasteiger partial charge in [0.1, 0.15) is 5.75 Å². The third kappa shape index (κ3) is 5.69. The minimum absolute atomic E-state index is 0.0401. The third-order valence-electron chi connectivity index (χ3n) is 5.53. The second-order valence-corrected chi connectivity index (χ2v) is 7.75. The van der Waals surface area contributed by atoms with Crippen LogP contribution in [0.1, 0.15) is 24.8 Å². The van der Waals surface area contributed by atoms with Crippen molar-refractivity contribution in [2.45, 2.75) is 26.2 Å². The van der Waals surface area contributed by atoms with Gasteiger partial charge in [0.2, 0.25) is 11.8 Å². The summed E-state index contributed by atoms with van der Waals surface area (Å²) in [6, 6.07) is 5.74. The molecule has 28 heavy (non-hydrogen) atoms. The number of ether oxygens (including phenoxy) is 1. The number of carbonyl (C=O) groups excluding carboxylic acids is 2. The first-order chi connectivity index (χ1) is 13.5. The monoisotopic (exact) mass is 388 g/mol. The zero-order chi connectivity index (χ0) is 19.9. The molecule has 2 amide bonds. The molecule has 2 fully saturated rings. The van der Waals surface area contributed by atoms with E-state index in [1.165, 1.54) is 6.42 Å². The van der Waals surface area contributed by atoms with Crippen molar-refractivity contribution in [2.75, 3.05) is 64.8 Å². The predicted octanol–water partition coefficient (Wildman–Crippen LogP) is 1.57. The van der Waals surface area contributed by atoms with Gasteiger partial charge in [0.25, 0.3) is 0 Å². The van der Waals surface area contributed by atoms with E-state index in [1.54, 1.807) is 7.11 Å². The quantitative estimate of drug-likeness (QED) is 0.801. The molecule has 0 unspecified atom stereocenters. The summed E-state index contributed by atoms with van der Waals surface area (Å²) in [5.74, 6) is 0.874. The highest BCUT2D eigenvalue weighted by atomic mass is 16.5. The van der Waals surface area contributed by atoms with Gasteiger partial charge in [0, 0.05) is 39.3 Å². The average molecular weight is 389 g/mol. The number of hydrogen-bond acceptors (Lipinski definition) is 5. The van der Waals surface area contributed by atoms with Gasteiger partial charge >= 0.3 is 0 Å². The highest BCUT2D eigenvalue weighted by Crippen LogP contribution is 2.25. The van der Waals surface area contributed by atoms with Gasteiger partial charge in [-0.05, 0) is 43.9 Å². The Hall–Kier alpha value is -2.12. The number of amides is 2. The van der Waals surface area contributed by atoms with Crippen LogP contribution in [-0.4, -0.2) is 86.0 Å². The zero-order valence-electron chi connectivity index (χ0n) is 17.1. The Labute approximate surface area is 167 Å². The SMILES string of the molecule is COc1ccc(C)cc1NC(=O)CN1CCN(CC(=O)N2CCCCC2)CC1. The summed E-state index contributed by atoms with van der Waals surface area (Å²) >= 11 is 0. The molecule has 0 spiro atoms. The highest BCUT2D eigenvalue weighted by molar-refractivity contribution is 5.93. The lowest BCUT2D eigenvalue weighted by Crippen LogP contribution is -2.51. The van der Waals surface area contributed by atoms with E-state index in [0.717, 1.165) is 57.7 Å². The lowest BCUT2D eigenvalue weighted by molar-refractivity contribution is -0.134. The fourth-order valence-corrected chi connectivity index (χ4v) is 3.85. The lowest BCUT2D eigenvalue weighted by Gasteiger charge is -2.35. The summed E-state index contributed by atoms with van der Waals surface area (Å²) in [5.41, 5.74) is 1.78. The maximum Gasteiger partial charge on any atom is 0.238 e. The summed E-state index contributed by atoms with van der Waals surface area (Å²) in [6.45, 7) is 7.88. The van der Waals surface area contributed by atoms with E-state index >= 15 is 0 Å². The number of anilines is 1. The first-order valence-corrected chi connectivity index (χ1v) is 10.2. The van der Waals surface area contributed by atoms with Gasteiger partial charge in [0.15, 0.2) is 0 Å². The zero-order valence-corrected chi connectivity index (χ0v) is 17.1. The Kier molecular flexibility index (Phi) is 7.28. The number of methoxy groups -OCH3 is 1. The first kappa shape index (κ1) is 20.6. The van der Waals surface area contributed by atoms with Crippen molar-refractivity contribution in [2.24, 2.45) is 0 Å². The summed E-state index contributed by atoms with van der Waals surface area (Å²) in [5, 5.41) is 2.96. The summed E-state index contributed by atoms with van der Waals surface area (Å²) in [7, 11) is 1.60. The molecule has 154 valence electrons. The van der Waals surface area contributed by atoms with Crippen LogP contribution in [0.15, 0.2) is 18.2 Å². The molecule has 1 aromatic rings. The van der Waals surface area contributed by atoms with E-state index in [4.69, 9.17) is 4.74 Å². The van der Waals surface area contributed by atoms with Gasteiger partial charge in [-0.1, -0.05) is 6.07 Å². The van der Waals surface area contributed by atoms with Gasteiger partial charge in [-0.3, -0.25) is 19.4 Å². The van der Waals surface area contributed by atoms with E-state index in [2.05, 4.69) is 15.1 Å². The molecule has 0 atom stereocenters. The van der Waals surface area contributed by atoms with Crippen molar-refractivity contribution >= 4 is 17.5 Å². The molecule has 2 aliphatic heterocycles. The van der Waals surface area contributed by atoms with Crippen LogP contribution in [0.4, 0.5) is 5.69 Å². The normalized spacial score (nSPS) is 18.7. The van der Waals surface area contributed by atoms with E-state index in [0.29, 0.717) is 24.5 Å². The Morgan fingerprint density at radius 1 is 0.964 bits per heavy atom. The molecular weight excluding hydrogens is 356 g/mol. The Morgan fingerprint density at radius 2 is 1.61 bits per heavy atom. The fraction of sp³-hybridized carbons (Fsp3) is 0.619. The molecule has 2 aliphatic rings. The molecule has 0 aromatic heterocycles. The number of piperazine rings is 1. The Bertz CT molecular complexity index is 680. The predicted molar refractivity (Wildman–Crippen MR) is 110 cm³/mol. The number of rotatable bonds is 6. The van der Waals surface area contributed by atoms with Crippen LogP contribution < -0.4 is 10.1 Å². The molecule has 0 radical (unpaired) electrons. The number of likely N-dealkylation sites (tertiary alicyclic amines) is 1.